The van der Waals surface area contributed by atoms with Crippen LogP contribution in [0.1, 0.15) is 40.5 Å². The fraction of sp³-hybridized carbons (Fsp3) is 0.846. The summed E-state index contributed by atoms with van der Waals surface area (Å²) >= 11 is 0. The van der Waals surface area contributed by atoms with E-state index in [0.717, 1.165) is 19.4 Å². The van der Waals surface area contributed by atoms with E-state index in [1.807, 2.05) is 20.8 Å². The molecule has 104 valence electrons. The maximum absolute atomic E-state index is 12.1. The molecule has 3 unspecified atom stereocenters. The Hall–Kier alpha value is -1.10. The molecule has 1 fully saturated rings. The van der Waals surface area contributed by atoms with Crippen LogP contribution < -0.4 is 10.6 Å². The van der Waals surface area contributed by atoms with Gasteiger partial charge in [0.15, 0.2) is 0 Å². The highest BCUT2D eigenvalue weighted by Gasteiger charge is 2.28. The van der Waals surface area contributed by atoms with Gasteiger partial charge in [-0.25, -0.2) is 0 Å². The Kier molecular flexibility index (Phi) is 5.59. The maximum Gasteiger partial charge on any atom is 0.243 e. The van der Waals surface area contributed by atoms with Crippen molar-refractivity contribution in [2.24, 2.45) is 5.92 Å². The van der Waals surface area contributed by atoms with Gasteiger partial charge in [-0.3, -0.25) is 9.59 Å². The molecule has 5 nitrogen and oxygen atoms in total. The Morgan fingerprint density at radius 2 is 1.89 bits per heavy atom. The first-order valence-corrected chi connectivity index (χ1v) is 6.61. The van der Waals surface area contributed by atoms with Gasteiger partial charge in [0.2, 0.25) is 11.8 Å². The van der Waals surface area contributed by atoms with Crippen molar-refractivity contribution < 1.29 is 14.3 Å². The average molecular weight is 256 g/mol. The number of nitrogens with one attached hydrogen (secondary N) is 2. The van der Waals surface area contributed by atoms with Crippen LogP contribution in [0, 0.1) is 5.92 Å². The lowest BCUT2D eigenvalue weighted by molar-refractivity contribution is -0.130. The van der Waals surface area contributed by atoms with Gasteiger partial charge in [0, 0.05) is 13.5 Å². The quantitative estimate of drug-likeness (QED) is 0.765. The summed E-state index contributed by atoms with van der Waals surface area (Å²) in [6.45, 7) is 7.96. The Bertz CT molecular complexity index is 299. The van der Waals surface area contributed by atoms with Crippen molar-refractivity contribution >= 4 is 11.8 Å². The highest BCUT2D eigenvalue weighted by Crippen LogP contribution is 2.15. The third-order valence-electron chi connectivity index (χ3n) is 3.20. The fourth-order valence-electron chi connectivity index (χ4n) is 2.16. The molecule has 0 saturated carbocycles. The van der Waals surface area contributed by atoms with Gasteiger partial charge in [0.1, 0.15) is 6.04 Å². The Morgan fingerprint density at radius 1 is 1.22 bits per heavy atom. The number of hydrogen-bond donors (Lipinski definition) is 2. The minimum atomic E-state index is -0.480. The zero-order valence-corrected chi connectivity index (χ0v) is 11.7. The Morgan fingerprint density at radius 3 is 2.33 bits per heavy atom. The maximum atomic E-state index is 12.1. The van der Waals surface area contributed by atoms with Crippen LogP contribution in [-0.4, -0.2) is 36.6 Å². The molecule has 1 aliphatic heterocycles. The van der Waals surface area contributed by atoms with Crippen LogP contribution in [0.2, 0.25) is 0 Å². The third kappa shape index (κ3) is 4.29. The summed E-state index contributed by atoms with van der Waals surface area (Å²) in [7, 11) is 0. The Labute approximate surface area is 109 Å². The lowest BCUT2D eigenvalue weighted by atomic mass is 10.0. The summed E-state index contributed by atoms with van der Waals surface area (Å²) in [5, 5.41) is 5.61. The largest absolute Gasteiger partial charge is 0.376 e. The van der Waals surface area contributed by atoms with Crippen LogP contribution >= 0.6 is 0 Å². The fourth-order valence-corrected chi connectivity index (χ4v) is 2.16. The second-order valence-corrected chi connectivity index (χ2v) is 5.27. The third-order valence-corrected chi connectivity index (χ3v) is 3.20. The molecule has 18 heavy (non-hydrogen) atoms. The number of ether oxygens (including phenoxy) is 1. The van der Waals surface area contributed by atoms with Gasteiger partial charge < -0.3 is 15.4 Å². The van der Waals surface area contributed by atoms with Crippen molar-refractivity contribution in [3.8, 4) is 0 Å². The molecule has 0 aliphatic carbocycles. The number of rotatable bonds is 5. The minimum Gasteiger partial charge on any atom is -0.376 e. The van der Waals surface area contributed by atoms with Crippen LogP contribution in [0.3, 0.4) is 0 Å². The molecule has 0 aromatic carbocycles. The zero-order chi connectivity index (χ0) is 13.7. The van der Waals surface area contributed by atoms with Crippen molar-refractivity contribution in [2.75, 3.05) is 6.61 Å². The number of amides is 2. The van der Waals surface area contributed by atoms with E-state index in [-0.39, 0.29) is 29.9 Å². The summed E-state index contributed by atoms with van der Waals surface area (Å²) in [5.74, 6) is -0.262. The predicted molar refractivity (Wildman–Crippen MR) is 69.0 cm³/mol. The molecule has 0 aromatic heterocycles. The topological polar surface area (TPSA) is 67.4 Å². The standard InChI is InChI=1S/C13H24N2O3/c1-8(2)12(15-10(4)16)13(17)14-9(3)11-6-5-7-18-11/h8-9,11-12H,5-7H2,1-4H3,(H,14,17)(H,15,16). The molecule has 2 amide bonds. The first-order valence-electron chi connectivity index (χ1n) is 6.61. The molecule has 5 heteroatoms. The van der Waals surface area contributed by atoms with E-state index < -0.39 is 6.04 Å². The zero-order valence-electron chi connectivity index (χ0n) is 11.7. The van der Waals surface area contributed by atoms with Crippen LogP contribution in [-0.2, 0) is 14.3 Å². The second-order valence-electron chi connectivity index (χ2n) is 5.27. The normalized spacial score (nSPS) is 22.6. The second kappa shape index (κ2) is 6.73. The highest BCUT2D eigenvalue weighted by molar-refractivity contribution is 5.87. The van der Waals surface area contributed by atoms with Crippen LogP contribution in [0.15, 0.2) is 0 Å². The monoisotopic (exact) mass is 256 g/mol. The molecule has 2 N–H and O–H groups in total. The van der Waals surface area contributed by atoms with Gasteiger partial charge in [0.25, 0.3) is 0 Å². The lowest BCUT2D eigenvalue weighted by Gasteiger charge is -2.25. The van der Waals surface area contributed by atoms with Gasteiger partial charge in [-0.05, 0) is 25.7 Å². The van der Waals surface area contributed by atoms with Crippen molar-refractivity contribution in [3.05, 3.63) is 0 Å². The summed E-state index contributed by atoms with van der Waals surface area (Å²) in [6, 6.07) is -0.499. The summed E-state index contributed by atoms with van der Waals surface area (Å²) in [6.07, 6.45) is 2.12. The molecule has 1 heterocycles. The van der Waals surface area contributed by atoms with Crippen molar-refractivity contribution in [2.45, 2.75) is 58.7 Å². The van der Waals surface area contributed by atoms with Gasteiger partial charge >= 0.3 is 0 Å². The van der Waals surface area contributed by atoms with Crippen LogP contribution in [0.25, 0.3) is 0 Å². The van der Waals surface area contributed by atoms with Gasteiger partial charge in [-0.2, -0.15) is 0 Å². The summed E-state index contributed by atoms with van der Waals surface area (Å²) in [5.41, 5.74) is 0. The highest BCUT2D eigenvalue weighted by atomic mass is 16.5. The lowest BCUT2D eigenvalue weighted by Crippen LogP contribution is -2.53. The van der Waals surface area contributed by atoms with Gasteiger partial charge in [-0.15, -0.1) is 0 Å². The number of carbonyl (C=O) groups is 2. The number of hydrogen-bond acceptors (Lipinski definition) is 3. The molecule has 0 aromatic rings. The molecule has 1 saturated heterocycles. The first kappa shape index (κ1) is 15.0. The minimum absolute atomic E-state index is 0.0185. The molecular formula is C13H24N2O3. The van der Waals surface area contributed by atoms with E-state index in [2.05, 4.69) is 10.6 Å². The molecular weight excluding hydrogens is 232 g/mol. The summed E-state index contributed by atoms with van der Waals surface area (Å²) in [4.78, 5) is 23.2. The first-order chi connectivity index (χ1) is 8.41. The van der Waals surface area contributed by atoms with Gasteiger partial charge in [-0.1, -0.05) is 13.8 Å². The van der Waals surface area contributed by atoms with Crippen LogP contribution in [0.4, 0.5) is 0 Å². The molecule has 0 spiro atoms. The molecule has 1 aliphatic rings. The average Bonchev–Trinajstić information content (AvgIpc) is 2.78. The Balaban J connectivity index is 2.52. The summed E-state index contributed by atoms with van der Waals surface area (Å²) < 4.78 is 5.53. The number of carbonyl (C=O) groups excluding carboxylic acids is 2. The van der Waals surface area contributed by atoms with Crippen molar-refractivity contribution in [1.82, 2.24) is 10.6 Å². The van der Waals surface area contributed by atoms with Crippen molar-refractivity contribution in [3.63, 3.8) is 0 Å². The van der Waals surface area contributed by atoms with Crippen molar-refractivity contribution in [1.29, 1.82) is 0 Å². The van der Waals surface area contributed by atoms with Gasteiger partial charge in [0.05, 0.1) is 12.1 Å². The predicted octanol–water partition coefficient (Wildman–Crippen LogP) is 0.831. The van der Waals surface area contributed by atoms with Crippen LogP contribution in [0.5, 0.6) is 0 Å². The van der Waals surface area contributed by atoms with E-state index in [1.165, 1.54) is 6.92 Å². The van der Waals surface area contributed by atoms with E-state index in [9.17, 15) is 9.59 Å². The van der Waals surface area contributed by atoms with E-state index in [4.69, 9.17) is 4.74 Å². The molecule has 0 bridgehead atoms. The molecule has 3 atom stereocenters. The van der Waals surface area contributed by atoms with E-state index in [0.29, 0.717) is 0 Å². The smallest absolute Gasteiger partial charge is 0.243 e. The SMILES string of the molecule is CC(=O)NC(C(=O)NC(C)C1CCCO1)C(C)C. The molecule has 1 rings (SSSR count). The van der Waals surface area contributed by atoms with E-state index >= 15 is 0 Å². The van der Waals surface area contributed by atoms with E-state index in [1.54, 1.807) is 0 Å². The molecule has 0 radical (unpaired) electrons.